The molecule has 1 amide bonds. The summed E-state index contributed by atoms with van der Waals surface area (Å²) in [6, 6.07) is 6.14. The maximum atomic E-state index is 12.1. The van der Waals surface area contributed by atoms with Crippen molar-refractivity contribution in [1.82, 2.24) is 0 Å². The molecule has 1 aliphatic rings. The molecule has 9 heteroatoms. The first-order valence-corrected chi connectivity index (χ1v) is 11.4. The van der Waals surface area contributed by atoms with E-state index in [1.54, 1.807) is 12.1 Å². The predicted molar refractivity (Wildman–Crippen MR) is 94.2 cm³/mol. The van der Waals surface area contributed by atoms with E-state index in [2.05, 4.69) is 10.0 Å². The summed E-state index contributed by atoms with van der Waals surface area (Å²) >= 11 is 0. The van der Waals surface area contributed by atoms with Crippen LogP contribution in [0.1, 0.15) is 32.1 Å². The third kappa shape index (κ3) is 5.79. The fraction of sp³-hybridized carbons (Fsp3) is 0.533. The molecule has 0 aromatic heterocycles. The number of sulfone groups is 1. The van der Waals surface area contributed by atoms with Crippen molar-refractivity contribution in [2.45, 2.75) is 37.4 Å². The van der Waals surface area contributed by atoms with Crippen LogP contribution in [-0.4, -0.2) is 40.0 Å². The number of sulfonamides is 1. The highest BCUT2D eigenvalue weighted by Gasteiger charge is 2.28. The molecule has 7 nitrogen and oxygen atoms in total. The molecule has 2 rings (SSSR count). The monoisotopic (exact) mass is 374 g/mol. The molecule has 1 fully saturated rings. The van der Waals surface area contributed by atoms with Gasteiger partial charge in [-0.05, 0) is 37.1 Å². The molecule has 0 unspecified atom stereocenters. The Balaban J connectivity index is 1.86. The summed E-state index contributed by atoms with van der Waals surface area (Å²) in [5, 5.41) is 2.32. The molecule has 1 aliphatic carbocycles. The number of benzene rings is 1. The zero-order valence-corrected chi connectivity index (χ0v) is 15.1. The number of nitrogens with one attached hydrogen (secondary N) is 2. The van der Waals surface area contributed by atoms with Gasteiger partial charge in [0.05, 0.1) is 17.3 Å². The Bertz CT molecular complexity index is 780. The first-order valence-electron chi connectivity index (χ1n) is 7.75. The van der Waals surface area contributed by atoms with Crippen LogP contribution < -0.4 is 10.0 Å². The highest BCUT2D eigenvalue weighted by molar-refractivity contribution is 7.92. The lowest BCUT2D eigenvalue weighted by atomic mass is 10.3. The number of hydrogen-bond donors (Lipinski definition) is 2. The van der Waals surface area contributed by atoms with Gasteiger partial charge in [-0.2, -0.15) is 0 Å². The maximum absolute atomic E-state index is 12.1. The van der Waals surface area contributed by atoms with Gasteiger partial charge >= 0.3 is 0 Å². The van der Waals surface area contributed by atoms with Crippen LogP contribution in [-0.2, 0) is 24.7 Å². The number of carbonyl (C=O) groups is 1. The van der Waals surface area contributed by atoms with Gasteiger partial charge in [0.2, 0.25) is 15.9 Å². The average Bonchev–Trinajstić information content (AvgIpc) is 3.01. The van der Waals surface area contributed by atoms with Gasteiger partial charge in [-0.3, -0.25) is 9.52 Å². The van der Waals surface area contributed by atoms with Crippen LogP contribution in [0.5, 0.6) is 0 Å². The van der Waals surface area contributed by atoms with Gasteiger partial charge in [-0.25, -0.2) is 16.8 Å². The summed E-state index contributed by atoms with van der Waals surface area (Å²) in [7, 11) is -6.56. The van der Waals surface area contributed by atoms with Crippen molar-refractivity contribution >= 4 is 37.1 Å². The van der Waals surface area contributed by atoms with E-state index in [0.29, 0.717) is 24.2 Å². The molecular weight excluding hydrogens is 352 g/mol. The number of hydrogen-bond acceptors (Lipinski definition) is 5. The van der Waals surface area contributed by atoms with E-state index in [-0.39, 0.29) is 23.3 Å². The predicted octanol–water partition coefficient (Wildman–Crippen LogP) is 1.74. The van der Waals surface area contributed by atoms with Gasteiger partial charge in [0.15, 0.2) is 9.84 Å². The molecule has 1 aromatic rings. The topological polar surface area (TPSA) is 109 Å². The summed E-state index contributed by atoms with van der Waals surface area (Å²) in [4.78, 5) is 11.9. The quantitative estimate of drug-likeness (QED) is 0.755. The molecule has 1 saturated carbocycles. The molecule has 134 valence electrons. The van der Waals surface area contributed by atoms with Gasteiger partial charge in [0.1, 0.15) is 0 Å². The van der Waals surface area contributed by atoms with Crippen LogP contribution in [0.4, 0.5) is 11.4 Å². The van der Waals surface area contributed by atoms with Crippen molar-refractivity contribution in [3.8, 4) is 0 Å². The second-order valence-electron chi connectivity index (χ2n) is 6.02. The Hall–Kier alpha value is -1.61. The standard InChI is InChI=1S/C15H22N2O5S2/c1-23(19,20)17-13-8-6-12(7-9-13)16-15(18)10-11-24(21,22)14-4-2-3-5-14/h6-9,14,17H,2-5,10-11H2,1H3,(H,16,18). The number of rotatable bonds is 7. The van der Waals surface area contributed by atoms with E-state index in [1.165, 1.54) is 12.1 Å². The smallest absolute Gasteiger partial charge is 0.229 e. The highest BCUT2D eigenvalue weighted by atomic mass is 32.2. The number of anilines is 2. The fourth-order valence-electron chi connectivity index (χ4n) is 2.71. The minimum absolute atomic E-state index is 0.0812. The second kappa shape index (κ2) is 7.52. The summed E-state index contributed by atoms with van der Waals surface area (Å²) in [5.74, 6) is -0.516. The lowest BCUT2D eigenvalue weighted by Crippen LogP contribution is -2.24. The Morgan fingerprint density at radius 2 is 1.58 bits per heavy atom. The molecule has 0 atom stereocenters. The Morgan fingerprint density at radius 3 is 2.12 bits per heavy atom. The lowest BCUT2D eigenvalue weighted by molar-refractivity contribution is -0.115. The third-order valence-corrected chi connectivity index (χ3v) is 6.76. The minimum atomic E-state index is -3.35. The Morgan fingerprint density at radius 1 is 1.04 bits per heavy atom. The van der Waals surface area contributed by atoms with E-state index in [0.717, 1.165) is 19.1 Å². The van der Waals surface area contributed by atoms with E-state index in [1.807, 2.05) is 0 Å². The largest absolute Gasteiger partial charge is 0.326 e. The van der Waals surface area contributed by atoms with Crippen LogP contribution in [0, 0.1) is 0 Å². The zero-order valence-electron chi connectivity index (χ0n) is 13.5. The average molecular weight is 374 g/mol. The summed E-state index contributed by atoms with van der Waals surface area (Å²) in [6.45, 7) is 0. The normalized spacial score (nSPS) is 16.0. The molecule has 2 N–H and O–H groups in total. The molecule has 0 saturated heterocycles. The highest BCUT2D eigenvalue weighted by Crippen LogP contribution is 2.25. The Labute approximate surface area is 142 Å². The van der Waals surface area contributed by atoms with E-state index < -0.39 is 19.9 Å². The van der Waals surface area contributed by atoms with Crippen molar-refractivity contribution in [1.29, 1.82) is 0 Å². The molecule has 0 spiro atoms. The first kappa shape index (κ1) is 18.7. The van der Waals surface area contributed by atoms with Crippen molar-refractivity contribution in [3.63, 3.8) is 0 Å². The van der Waals surface area contributed by atoms with Crippen LogP contribution in [0.3, 0.4) is 0 Å². The van der Waals surface area contributed by atoms with Gasteiger partial charge in [-0.15, -0.1) is 0 Å². The van der Waals surface area contributed by atoms with Gasteiger partial charge < -0.3 is 5.32 Å². The molecule has 1 aromatic carbocycles. The molecule has 0 aliphatic heterocycles. The lowest BCUT2D eigenvalue weighted by Gasteiger charge is -2.11. The molecule has 0 bridgehead atoms. The summed E-state index contributed by atoms with van der Waals surface area (Å²) < 4.78 is 48.8. The zero-order chi connectivity index (χ0) is 17.8. The van der Waals surface area contributed by atoms with Crippen LogP contribution in [0.15, 0.2) is 24.3 Å². The van der Waals surface area contributed by atoms with Gasteiger partial charge in [0, 0.05) is 17.8 Å². The van der Waals surface area contributed by atoms with Crippen molar-refractivity contribution in [2.24, 2.45) is 0 Å². The fourth-order valence-corrected chi connectivity index (χ4v) is 5.13. The maximum Gasteiger partial charge on any atom is 0.229 e. The van der Waals surface area contributed by atoms with E-state index in [9.17, 15) is 21.6 Å². The molecular formula is C15H22N2O5S2. The van der Waals surface area contributed by atoms with Gasteiger partial charge in [0.25, 0.3) is 0 Å². The number of carbonyl (C=O) groups excluding carboxylic acids is 1. The second-order valence-corrected chi connectivity index (χ2v) is 10.2. The minimum Gasteiger partial charge on any atom is -0.326 e. The van der Waals surface area contributed by atoms with Crippen molar-refractivity contribution in [2.75, 3.05) is 22.0 Å². The van der Waals surface area contributed by atoms with Crippen molar-refractivity contribution < 1.29 is 21.6 Å². The Kier molecular flexibility index (Phi) is 5.87. The third-order valence-electron chi connectivity index (χ3n) is 3.90. The van der Waals surface area contributed by atoms with Crippen LogP contribution >= 0.6 is 0 Å². The van der Waals surface area contributed by atoms with Gasteiger partial charge in [-0.1, -0.05) is 12.8 Å². The van der Waals surface area contributed by atoms with Crippen LogP contribution in [0.2, 0.25) is 0 Å². The van der Waals surface area contributed by atoms with Crippen LogP contribution in [0.25, 0.3) is 0 Å². The van der Waals surface area contributed by atoms with E-state index in [4.69, 9.17) is 0 Å². The molecule has 0 heterocycles. The summed E-state index contributed by atoms with van der Waals surface area (Å²) in [6.07, 6.45) is 4.22. The molecule has 24 heavy (non-hydrogen) atoms. The first-order chi connectivity index (χ1) is 11.2. The SMILES string of the molecule is CS(=O)(=O)Nc1ccc(NC(=O)CCS(=O)(=O)C2CCCC2)cc1. The summed E-state index contributed by atoms with van der Waals surface area (Å²) in [5.41, 5.74) is 0.872. The molecule has 0 radical (unpaired) electrons. The number of amides is 1. The van der Waals surface area contributed by atoms with E-state index >= 15 is 0 Å². The van der Waals surface area contributed by atoms with Crippen molar-refractivity contribution in [3.05, 3.63) is 24.3 Å².